The molecule has 0 spiro atoms. The van der Waals surface area contributed by atoms with E-state index in [9.17, 15) is 9.59 Å². The molecule has 7 nitrogen and oxygen atoms in total. The molecule has 0 aromatic heterocycles. The lowest BCUT2D eigenvalue weighted by Crippen LogP contribution is -2.48. The van der Waals surface area contributed by atoms with Gasteiger partial charge in [-0.3, -0.25) is 10.2 Å². The second-order valence-corrected chi connectivity index (χ2v) is 7.63. The predicted molar refractivity (Wildman–Crippen MR) is 110 cm³/mol. The topological polar surface area (TPSA) is 120 Å². The molecule has 1 heterocycles. The summed E-state index contributed by atoms with van der Waals surface area (Å²) >= 11 is 0. The number of aliphatic carboxylic acids is 1. The number of carbonyl (C=O) groups excluding carboxylic acids is 1. The van der Waals surface area contributed by atoms with Crippen LogP contribution in [-0.2, 0) is 4.79 Å². The molecule has 154 valence electrons. The van der Waals surface area contributed by atoms with Gasteiger partial charge in [-0.1, -0.05) is 24.3 Å². The first-order valence-corrected chi connectivity index (χ1v) is 9.66. The lowest BCUT2D eigenvalue weighted by molar-refractivity contribution is -0.142. The zero-order chi connectivity index (χ0) is 19.4. The van der Waals surface area contributed by atoms with E-state index in [0.29, 0.717) is 18.8 Å². The quantitative estimate of drug-likeness (QED) is 0.452. The van der Waals surface area contributed by atoms with Gasteiger partial charge in [-0.15, -0.1) is 12.4 Å². The van der Waals surface area contributed by atoms with Crippen molar-refractivity contribution in [3.8, 4) is 0 Å². The minimum absolute atomic E-state index is 0. The molecule has 1 aromatic rings. The molecule has 3 rings (SSSR count). The van der Waals surface area contributed by atoms with E-state index in [-0.39, 0.29) is 36.2 Å². The Bertz CT molecular complexity index is 694. The van der Waals surface area contributed by atoms with Crippen LogP contribution in [0.25, 0.3) is 0 Å². The van der Waals surface area contributed by atoms with Crippen LogP contribution in [0.4, 0.5) is 4.79 Å². The summed E-state index contributed by atoms with van der Waals surface area (Å²) in [6, 6.07) is 7.87. The molecule has 1 saturated heterocycles. The zero-order valence-corrected chi connectivity index (χ0v) is 16.7. The number of amides is 2. The average Bonchev–Trinajstić information content (AvgIpc) is 2.68. The number of halogens is 1. The highest BCUT2D eigenvalue weighted by molar-refractivity contribution is 5.94. The van der Waals surface area contributed by atoms with Crippen molar-refractivity contribution >= 4 is 30.2 Å². The van der Waals surface area contributed by atoms with Gasteiger partial charge < -0.3 is 21.1 Å². The van der Waals surface area contributed by atoms with Gasteiger partial charge in [-0.2, -0.15) is 0 Å². The fourth-order valence-corrected chi connectivity index (χ4v) is 4.10. The van der Waals surface area contributed by atoms with Crippen molar-refractivity contribution in [2.24, 2.45) is 11.7 Å². The largest absolute Gasteiger partial charge is 0.481 e. The Kier molecular flexibility index (Phi) is 7.69. The summed E-state index contributed by atoms with van der Waals surface area (Å²) in [6.07, 6.45) is 4.58. The molecule has 0 unspecified atom stereocenters. The van der Waals surface area contributed by atoms with E-state index in [4.69, 9.17) is 16.2 Å². The van der Waals surface area contributed by atoms with Gasteiger partial charge in [0.1, 0.15) is 5.84 Å². The Morgan fingerprint density at radius 3 is 2.11 bits per heavy atom. The van der Waals surface area contributed by atoms with Crippen molar-refractivity contribution in [3.63, 3.8) is 0 Å². The van der Waals surface area contributed by atoms with Crippen molar-refractivity contribution < 1.29 is 14.7 Å². The van der Waals surface area contributed by atoms with E-state index >= 15 is 0 Å². The number of hydrogen-bond acceptors (Lipinski definition) is 3. The SMILES string of the molecule is Cl.N=C(N)c1ccc(C2CCN(C(=O)NC3CCC(C(=O)O)CC3)CC2)cc1. The zero-order valence-electron chi connectivity index (χ0n) is 15.9. The number of likely N-dealkylation sites (tertiary alicyclic amines) is 1. The third-order valence-corrected chi connectivity index (χ3v) is 5.88. The monoisotopic (exact) mass is 408 g/mol. The number of benzene rings is 1. The molecule has 1 aromatic carbocycles. The summed E-state index contributed by atoms with van der Waals surface area (Å²) in [5, 5.41) is 19.6. The Hall–Kier alpha value is -2.28. The van der Waals surface area contributed by atoms with Gasteiger partial charge in [0.25, 0.3) is 0 Å². The number of hydrogen-bond donors (Lipinski definition) is 4. The molecule has 1 saturated carbocycles. The third-order valence-electron chi connectivity index (χ3n) is 5.88. The van der Waals surface area contributed by atoms with Crippen LogP contribution in [0.15, 0.2) is 24.3 Å². The number of nitrogens with two attached hydrogens (primary N) is 1. The number of nitrogen functional groups attached to an aromatic ring is 1. The summed E-state index contributed by atoms with van der Waals surface area (Å²) in [7, 11) is 0. The lowest BCUT2D eigenvalue weighted by atomic mass is 9.86. The number of nitrogens with zero attached hydrogens (tertiary/aromatic N) is 1. The first kappa shape index (κ1) is 22.0. The number of rotatable bonds is 4. The standard InChI is InChI=1S/C20H28N4O3.ClH/c21-18(22)15-3-1-13(2-4-15)14-9-11-24(12-10-14)20(27)23-17-7-5-16(6-8-17)19(25)26;/h1-4,14,16-17H,5-12H2,(H3,21,22)(H,23,27)(H,25,26);1H. The van der Waals surface area contributed by atoms with Crippen LogP contribution in [0, 0.1) is 11.3 Å². The third kappa shape index (κ3) is 5.38. The highest BCUT2D eigenvalue weighted by atomic mass is 35.5. The van der Waals surface area contributed by atoms with Crippen LogP contribution in [0.2, 0.25) is 0 Å². The fraction of sp³-hybridized carbons (Fsp3) is 0.550. The molecule has 0 atom stereocenters. The van der Waals surface area contributed by atoms with Crippen LogP contribution in [-0.4, -0.2) is 47.0 Å². The average molecular weight is 409 g/mol. The summed E-state index contributed by atoms with van der Waals surface area (Å²) in [6.45, 7) is 1.44. The highest BCUT2D eigenvalue weighted by Gasteiger charge is 2.29. The lowest BCUT2D eigenvalue weighted by Gasteiger charge is -2.34. The maximum absolute atomic E-state index is 12.5. The molecule has 5 N–H and O–H groups in total. The van der Waals surface area contributed by atoms with E-state index < -0.39 is 5.97 Å². The summed E-state index contributed by atoms with van der Waals surface area (Å²) in [4.78, 5) is 25.4. The highest BCUT2D eigenvalue weighted by Crippen LogP contribution is 2.29. The summed E-state index contributed by atoms with van der Waals surface area (Å²) in [5.74, 6) is -0.493. The molecule has 2 aliphatic rings. The Labute approximate surface area is 171 Å². The van der Waals surface area contributed by atoms with Crippen LogP contribution < -0.4 is 11.1 Å². The van der Waals surface area contributed by atoms with Gasteiger partial charge in [0.2, 0.25) is 0 Å². The van der Waals surface area contributed by atoms with Gasteiger partial charge in [-0.25, -0.2) is 4.79 Å². The molecule has 1 aliphatic heterocycles. The summed E-state index contributed by atoms with van der Waals surface area (Å²) < 4.78 is 0. The van der Waals surface area contributed by atoms with Gasteiger partial charge >= 0.3 is 12.0 Å². The van der Waals surface area contributed by atoms with Gasteiger partial charge in [0.15, 0.2) is 0 Å². The van der Waals surface area contributed by atoms with E-state index in [2.05, 4.69) is 5.32 Å². The molecule has 1 aliphatic carbocycles. The van der Waals surface area contributed by atoms with Crippen molar-refractivity contribution in [3.05, 3.63) is 35.4 Å². The number of carbonyl (C=O) groups is 2. The maximum Gasteiger partial charge on any atom is 0.317 e. The number of carboxylic acids is 1. The number of amidine groups is 1. The first-order chi connectivity index (χ1) is 12.9. The number of nitrogens with one attached hydrogen (secondary N) is 2. The molecular formula is C20H29ClN4O3. The first-order valence-electron chi connectivity index (χ1n) is 9.66. The van der Waals surface area contributed by atoms with Crippen molar-refractivity contribution in [2.75, 3.05) is 13.1 Å². The van der Waals surface area contributed by atoms with Crippen molar-refractivity contribution in [1.82, 2.24) is 10.2 Å². The van der Waals surface area contributed by atoms with Crippen LogP contribution in [0.1, 0.15) is 55.6 Å². The van der Waals surface area contributed by atoms with E-state index in [0.717, 1.165) is 44.3 Å². The van der Waals surface area contributed by atoms with Gasteiger partial charge in [0.05, 0.1) is 5.92 Å². The number of carboxylic acid groups (broad SMARTS) is 1. The second kappa shape index (κ2) is 9.78. The van der Waals surface area contributed by atoms with Crippen LogP contribution in [0.5, 0.6) is 0 Å². The van der Waals surface area contributed by atoms with Crippen molar-refractivity contribution in [2.45, 2.75) is 50.5 Å². The molecule has 2 amide bonds. The second-order valence-electron chi connectivity index (χ2n) is 7.63. The molecule has 2 fully saturated rings. The minimum atomic E-state index is -0.724. The minimum Gasteiger partial charge on any atom is -0.481 e. The molecule has 8 heteroatoms. The van der Waals surface area contributed by atoms with E-state index in [1.807, 2.05) is 29.2 Å². The van der Waals surface area contributed by atoms with Crippen LogP contribution >= 0.6 is 12.4 Å². The van der Waals surface area contributed by atoms with Crippen molar-refractivity contribution in [1.29, 1.82) is 5.41 Å². The smallest absolute Gasteiger partial charge is 0.317 e. The normalized spacial score (nSPS) is 22.8. The molecule has 0 radical (unpaired) electrons. The molecular weight excluding hydrogens is 380 g/mol. The maximum atomic E-state index is 12.5. The Balaban J connectivity index is 0.00000280. The van der Waals surface area contributed by atoms with Gasteiger partial charge in [0, 0.05) is 24.7 Å². The number of piperidine rings is 1. The van der Waals surface area contributed by atoms with Crippen LogP contribution in [0.3, 0.4) is 0 Å². The summed E-state index contributed by atoms with van der Waals surface area (Å²) in [5.41, 5.74) is 7.45. The molecule has 28 heavy (non-hydrogen) atoms. The van der Waals surface area contributed by atoms with E-state index in [1.54, 1.807) is 0 Å². The Morgan fingerprint density at radius 1 is 1.04 bits per heavy atom. The fourth-order valence-electron chi connectivity index (χ4n) is 4.10. The number of urea groups is 1. The predicted octanol–water partition coefficient (Wildman–Crippen LogP) is 2.92. The van der Waals surface area contributed by atoms with E-state index in [1.165, 1.54) is 5.56 Å². The molecule has 0 bridgehead atoms. The van der Waals surface area contributed by atoms with Gasteiger partial charge in [-0.05, 0) is 50.0 Å². The Morgan fingerprint density at radius 2 is 1.61 bits per heavy atom.